The Bertz CT molecular complexity index is 366. The van der Waals surface area contributed by atoms with Crippen LogP contribution in [0.2, 0.25) is 0 Å². The third kappa shape index (κ3) is 3.30. The number of amides is 1. The first-order valence-electron chi connectivity index (χ1n) is 4.43. The van der Waals surface area contributed by atoms with Crippen LogP contribution in [-0.2, 0) is 10.5 Å². The fourth-order valence-corrected chi connectivity index (χ4v) is 1.59. The van der Waals surface area contributed by atoms with Crippen molar-refractivity contribution < 1.29 is 9.90 Å². The molecule has 1 aromatic rings. The Balaban J connectivity index is 2.90. The maximum absolute atomic E-state index is 11.1. The number of hydrogen-bond donors (Lipinski definition) is 3. The quantitative estimate of drug-likeness (QED) is 0.709. The molecule has 0 saturated heterocycles. The molecular weight excluding hydrogens is 260 g/mol. The van der Waals surface area contributed by atoms with Crippen molar-refractivity contribution in [2.24, 2.45) is 5.73 Å². The van der Waals surface area contributed by atoms with Crippen LogP contribution in [0.1, 0.15) is 12.0 Å². The number of nitrogens with two attached hydrogens (primary N) is 1. The molecule has 0 aliphatic rings. The summed E-state index contributed by atoms with van der Waals surface area (Å²) in [7, 11) is 1.50. The van der Waals surface area contributed by atoms with E-state index in [2.05, 4.69) is 21.2 Å². The molecule has 0 spiro atoms. The van der Waals surface area contributed by atoms with Crippen LogP contribution in [-0.4, -0.2) is 18.1 Å². The lowest BCUT2D eigenvalue weighted by Gasteiger charge is -2.22. The van der Waals surface area contributed by atoms with Crippen molar-refractivity contribution >= 4 is 21.8 Å². The minimum atomic E-state index is -1.64. The number of benzene rings is 1. The summed E-state index contributed by atoms with van der Waals surface area (Å²) in [6.45, 7) is 0. The molecule has 1 atom stereocenters. The number of halogens is 1. The zero-order valence-electron chi connectivity index (χ0n) is 8.33. The molecule has 1 aromatic carbocycles. The van der Waals surface area contributed by atoms with E-state index in [1.54, 1.807) is 18.2 Å². The van der Waals surface area contributed by atoms with Crippen LogP contribution in [0, 0.1) is 0 Å². The molecule has 5 heteroatoms. The van der Waals surface area contributed by atoms with Crippen molar-refractivity contribution in [1.82, 2.24) is 5.32 Å². The van der Waals surface area contributed by atoms with Gasteiger partial charge in [-0.3, -0.25) is 10.5 Å². The first-order valence-corrected chi connectivity index (χ1v) is 5.23. The molecule has 0 aliphatic heterocycles. The molecule has 0 radical (unpaired) electrons. The van der Waals surface area contributed by atoms with E-state index in [9.17, 15) is 9.90 Å². The SMILES string of the molecule is CNC(=O)C[C@@](N)(O)c1cccc(Br)c1. The Labute approximate surface area is 96.6 Å². The first-order chi connectivity index (χ1) is 6.95. The average Bonchev–Trinajstić information content (AvgIpc) is 2.17. The second kappa shape index (κ2) is 4.74. The zero-order valence-corrected chi connectivity index (χ0v) is 9.91. The maximum Gasteiger partial charge on any atom is 0.224 e. The highest BCUT2D eigenvalue weighted by molar-refractivity contribution is 9.10. The summed E-state index contributed by atoms with van der Waals surface area (Å²) in [6, 6.07) is 6.93. The van der Waals surface area contributed by atoms with E-state index < -0.39 is 5.72 Å². The van der Waals surface area contributed by atoms with E-state index in [1.807, 2.05) is 6.07 Å². The molecular formula is C10H13BrN2O2. The minimum Gasteiger partial charge on any atom is -0.371 e. The van der Waals surface area contributed by atoms with Crippen molar-refractivity contribution in [3.05, 3.63) is 34.3 Å². The van der Waals surface area contributed by atoms with E-state index in [-0.39, 0.29) is 12.3 Å². The zero-order chi connectivity index (χ0) is 11.5. The van der Waals surface area contributed by atoms with Crippen LogP contribution in [0.3, 0.4) is 0 Å². The third-order valence-electron chi connectivity index (χ3n) is 2.03. The Morgan fingerprint density at radius 2 is 2.33 bits per heavy atom. The average molecular weight is 273 g/mol. The van der Waals surface area contributed by atoms with Crippen molar-refractivity contribution in [1.29, 1.82) is 0 Å². The smallest absolute Gasteiger partial charge is 0.224 e. The maximum atomic E-state index is 11.1. The van der Waals surface area contributed by atoms with Crippen LogP contribution in [0.5, 0.6) is 0 Å². The Morgan fingerprint density at radius 3 is 2.87 bits per heavy atom. The van der Waals surface area contributed by atoms with Gasteiger partial charge in [-0.2, -0.15) is 0 Å². The van der Waals surface area contributed by atoms with E-state index in [0.717, 1.165) is 4.47 Å². The molecule has 1 amide bonds. The van der Waals surface area contributed by atoms with E-state index >= 15 is 0 Å². The van der Waals surface area contributed by atoms with Crippen LogP contribution in [0.25, 0.3) is 0 Å². The molecule has 82 valence electrons. The van der Waals surface area contributed by atoms with E-state index in [0.29, 0.717) is 5.56 Å². The molecule has 0 heterocycles. The lowest BCUT2D eigenvalue weighted by molar-refractivity contribution is -0.125. The lowest BCUT2D eigenvalue weighted by atomic mass is 10.0. The van der Waals surface area contributed by atoms with Gasteiger partial charge in [-0.15, -0.1) is 0 Å². The highest BCUT2D eigenvalue weighted by Crippen LogP contribution is 2.22. The molecule has 0 saturated carbocycles. The van der Waals surface area contributed by atoms with Crippen LogP contribution < -0.4 is 11.1 Å². The molecule has 4 N–H and O–H groups in total. The fraction of sp³-hybridized carbons (Fsp3) is 0.300. The predicted molar refractivity (Wildman–Crippen MR) is 60.9 cm³/mol. The first kappa shape index (κ1) is 12.2. The molecule has 0 aliphatic carbocycles. The van der Waals surface area contributed by atoms with Gasteiger partial charge in [-0.25, -0.2) is 0 Å². The summed E-state index contributed by atoms with van der Waals surface area (Å²) in [4.78, 5) is 11.1. The second-order valence-electron chi connectivity index (χ2n) is 3.28. The van der Waals surface area contributed by atoms with Gasteiger partial charge >= 0.3 is 0 Å². The number of nitrogens with one attached hydrogen (secondary N) is 1. The van der Waals surface area contributed by atoms with Gasteiger partial charge in [0.15, 0.2) is 0 Å². The lowest BCUT2D eigenvalue weighted by Crippen LogP contribution is -2.41. The highest BCUT2D eigenvalue weighted by Gasteiger charge is 2.26. The normalized spacial score (nSPS) is 14.4. The van der Waals surface area contributed by atoms with Crippen LogP contribution >= 0.6 is 15.9 Å². The highest BCUT2D eigenvalue weighted by atomic mass is 79.9. The van der Waals surface area contributed by atoms with Gasteiger partial charge in [0.25, 0.3) is 0 Å². The van der Waals surface area contributed by atoms with E-state index in [1.165, 1.54) is 7.05 Å². The fourth-order valence-electron chi connectivity index (χ4n) is 1.19. The Morgan fingerprint density at radius 1 is 1.67 bits per heavy atom. The summed E-state index contributed by atoms with van der Waals surface area (Å²) in [6.07, 6.45) is -0.167. The molecule has 0 unspecified atom stereocenters. The van der Waals surface area contributed by atoms with Crippen LogP contribution in [0.4, 0.5) is 0 Å². The molecule has 1 rings (SSSR count). The summed E-state index contributed by atoms with van der Waals surface area (Å²) in [5.74, 6) is -0.306. The summed E-state index contributed by atoms with van der Waals surface area (Å²) in [5.41, 5.74) is 4.52. The largest absolute Gasteiger partial charge is 0.371 e. The number of carbonyl (C=O) groups excluding carboxylic acids is 1. The van der Waals surface area contributed by atoms with Gasteiger partial charge in [-0.1, -0.05) is 28.1 Å². The van der Waals surface area contributed by atoms with Crippen molar-refractivity contribution in [3.63, 3.8) is 0 Å². The van der Waals surface area contributed by atoms with Gasteiger partial charge in [-0.05, 0) is 17.7 Å². The Kier molecular flexibility index (Phi) is 3.84. The van der Waals surface area contributed by atoms with Crippen molar-refractivity contribution in [2.45, 2.75) is 12.1 Å². The predicted octanol–water partition coefficient (Wildman–Crippen LogP) is 0.689. The molecule has 15 heavy (non-hydrogen) atoms. The topological polar surface area (TPSA) is 75.4 Å². The number of aliphatic hydroxyl groups is 1. The Hall–Kier alpha value is -0.910. The summed E-state index contributed by atoms with van der Waals surface area (Å²) in [5, 5.41) is 12.3. The molecule has 0 aromatic heterocycles. The van der Waals surface area contributed by atoms with E-state index in [4.69, 9.17) is 5.73 Å². The standard InChI is InChI=1S/C10H13BrN2O2/c1-13-9(14)6-10(12,15)7-3-2-4-8(11)5-7/h2-5,15H,6,12H2,1H3,(H,13,14)/t10-/m1/s1. The van der Waals surface area contributed by atoms with Gasteiger partial charge in [0.05, 0.1) is 6.42 Å². The van der Waals surface area contributed by atoms with Gasteiger partial charge in [0, 0.05) is 11.5 Å². The second-order valence-corrected chi connectivity index (χ2v) is 4.20. The van der Waals surface area contributed by atoms with Gasteiger partial charge < -0.3 is 10.4 Å². The van der Waals surface area contributed by atoms with Gasteiger partial charge in [0.1, 0.15) is 5.72 Å². The molecule has 0 fully saturated rings. The van der Waals surface area contributed by atoms with Gasteiger partial charge in [0.2, 0.25) is 5.91 Å². The van der Waals surface area contributed by atoms with Crippen molar-refractivity contribution in [3.8, 4) is 0 Å². The molecule has 0 bridgehead atoms. The summed E-state index contributed by atoms with van der Waals surface area (Å²) < 4.78 is 0.806. The number of carbonyl (C=O) groups is 1. The summed E-state index contributed by atoms with van der Waals surface area (Å²) >= 11 is 3.27. The third-order valence-corrected chi connectivity index (χ3v) is 2.53. The monoisotopic (exact) mass is 272 g/mol. The van der Waals surface area contributed by atoms with Crippen molar-refractivity contribution in [2.75, 3.05) is 7.05 Å². The molecule has 4 nitrogen and oxygen atoms in total. The number of hydrogen-bond acceptors (Lipinski definition) is 3. The number of rotatable bonds is 3. The minimum absolute atomic E-state index is 0.167. The van der Waals surface area contributed by atoms with Crippen LogP contribution in [0.15, 0.2) is 28.7 Å².